The van der Waals surface area contributed by atoms with Crippen LogP contribution in [0.2, 0.25) is 0 Å². The Balaban J connectivity index is 2.66. The first-order chi connectivity index (χ1) is 10.8. The Labute approximate surface area is 130 Å². The molecule has 1 aromatic carbocycles. The van der Waals surface area contributed by atoms with Gasteiger partial charge in [-0.15, -0.1) is 0 Å². The predicted octanol–water partition coefficient (Wildman–Crippen LogP) is 5.07. The second-order valence-corrected chi connectivity index (χ2v) is 6.12. The zero-order valence-corrected chi connectivity index (χ0v) is 13.2. The van der Waals surface area contributed by atoms with Crippen molar-refractivity contribution >= 4 is 0 Å². The molecule has 1 aliphatic rings. The number of hydrogen-bond donors (Lipinski definition) is 2. The van der Waals surface area contributed by atoms with Crippen LogP contribution in [-0.2, 0) is 6.42 Å². The summed E-state index contributed by atoms with van der Waals surface area (Å²) in [5.41, 5.74) is 2.91. The van der Waals surface area contributed by atoms with Crippen LogP contribution in [0.25, 0.3) is 0 Å². The fraction of sp³-hybridized carbons (Fsp3) is 0.474. The minimum atomic E-state index is -0.231. The van der Waals surface area contributed by atoms with Crippen molar-refractivity contribution in [3.63, 3.8) is 0 Å². The van der Waals surface area contributed by atoms with Crippen molar-refractivity contribution < 1.29 is 13.0 Å². The van der Waals surface area contributed by atoms with Crippen molar-refractivity contribution in [3.05, 3.63) is 47.0 Å². The molecule has 0 amide bonds. The van der Waals surface area contributed by atoms with E-state index in [-0.39, 0.29) is 35.4 Å². The molecule has 2 rings (SSSR count). The number of rotatable bonds is 4. The Morgan fingerprint density at radius 2 is 2.00 bits per heavy atom. The molecule has 21 heavy (non-hydrogen) atoms. The van der Waals surface area contributed by atoms with E-state index in [4.69, 9.17) is 2.74 Å². The van der Waals surface area contributed by atoms with Gasteiger partial charge in [-0.1, -0.05) is 37.1 Å². The summed E-state index contributed by atoms with van der Waals surface area (Å²) in [5, 5.41) is 21.1. The molecule has 0 unspecified atom stereocenters. The Kier molecular flexibility index (Phi) is 3.95. The highest BCUT2D eigenvalue weighted by molar-refractivity contribution is 5.51. The van der Waals surface area contributed by atoms with E-state index in [0.717, 1.165) is 24.8 Å². The van der Waals surface area contributed by atoms with Crippen molar-refractivity contribution in [1.29, 1.82) is 0 Å². The molecule has 0 spiro atoms. The lowest BCUT2D eigenvalue weighted by atomic mass is 9.73. The highest BCUT2D eigenvalue weighted by Crippen LogP contribution is 2.46. The SMILES string of the molecule is [3H]c1c(O)c([C@@H]2C=C(C)CC[C@H]2C(=C)C)c(O)c([3H])c1CCC. The van der Waals surface area contributed by atoms with Gasteiger partial charge in [0.05, 0.1) is 2.74 Å². The average molecular weight is 290 g/mol. The van der Waals surface area contributed by atoms with Crippen molar-refractivity contribution in [2.45, 2.75) is 52.4 Å². The second-order valence-electron chi connectivity index (χ2n) is 6.12. The number of allylic oxidation sites excluding steroid dienone is 3. The van der Waals surface area contributed by atoms with E-state index in [1.54, 1.807) is 0 Å². The third-order valence-electron chi connectivity index (χ3n) is 4.26. The molecule has 2 atom stereocenters. The van der Waals surface area contributed by atoms with Crippen molar-refractivity contribution in [2.75, 3.05) is 0 Å². The van der Waals surface area contributed by atoms with E-state index in [2.05, 4.69) is 6.58 Å². The minimum Gasteiger partial charge on any atom is -0.507 e. The minimum absolute atomic E-state index is 0.0262. The number of phenolic OH excluding ortho intramolecular Hbond substituents is 2. The molecule has 0 radical (unpaired) electrons. The lowest BCUT2D eigenvalue weighted by Gasteiger charge is -2.31. The summed E-state index contributed by atoms with van der Waals surface area (Å²) < 4.78 is 16.4. The molecular weight excluding hydrogens is 260 g/mol. The van der Waals surface area contributed by atoms with Crippen LogP contribution >= 0.6 is 0 Å². The van der Waals surface area contributed by atoms with E-state index in [0.29, 0.717) is 17.5 Å². The van der Waals surface area contributed by atoms with Gasteiger partial charge in [-0.3, -0.25) is 0 Å². The number of phenols is 2. The summed E-state index contributed by atoms with van der Waals surface area (Å²) in [6.07, 6.45) is 5.16. The number of benzene rings is 1. The normalized spacial score (nSPS) is 23.3. The van der Waals surface area contributed by atoms with E-state index >= 15 is 0 Å². The molecule has 2 nitrogen and oxygen atoms in total. The molecule has 0 fully saturated rings. The van der Waals surface area contributed by atoms with Gasteiger partial charge in [0.15, 0.2) is 0 Å². The van der Waals surface area contributed by atoms with Gasteiger partial charge in [-0.05, 0) is 56.7 Å². The van der Waals surface area contributed by atoms with Crippen LogP contribution in [0.5, 0.6) is 11.5 Å². The number of hydrogen-bond acceptors (Lipinski definition) is 2. The predicted molar refractivity (Wildman–Crippen MR) is 87.8 cm³/mol. The van der Waals surface area contributed by atoms with Crippen LogP contribution < -0.4 is 0 Å². The summed E-state index contributed by atoms with van der Waals surface area (Å²) in [4.78, 5) is 0. The fourth-order valence-corrected chi connectivity index (χ4v) is 3.16. The Hall–Kier alpha value is -1.70. The van der Waals surface area contributed by atoms with Gasteiger partial charge in [0.1, 0.15) is 11.5 Å². The summed E-state index contributed by atoms with van der Waals surface area (Å²) in [7, 11) is 0. The van der Waals surface area contributed by atoms with E-state index < -0.39 is 0 Å². The van der Waals surface area contributed by atoms with Gasteiger partial charge in [-0.25, -0.2) is 0 Å². The first-order valence-electron chi connectivity index (χ1n) is 8.66. The van der Waals surface area contributed by atoms with Crippen LogP contribution in [0.15, 0.2) is 35.9 Å². The lowest BCUT2D eigenvalue weighted by Crippen LogP contribution is -2.17. The summed E-state index contributed by atoms with van der Waals surface area (Å²) in [5.74, 6) is -0.509. The van der Waals surface area contributed by atoms with Gasteiger partial charge >= 0.3 is 0 Å². The molecule has 0 aliphatic heterocycles. The Morgan fingerprint density at radius 3 is 2.52 bits per heavy atom. The van der Waals surface area contributed by atoms with Crippen LogP contribution in [0.1, 0.15) is 59.8 Å². The quantitative estimate of drug-likeness (QED) is 0.760. The van der Waals surface area contributed by atoms with Crippen LogP contribution in [0.4, 0.5) is 0 Å². The van der Waals surface area contributed by atoms with Crippen molar-refractivity contribution in [3.8, 4) is 11.5 Å². The summed E-state index contributed by atoms with van der Waals surface area (Å²) in [6, 6.07) is -0.0523. The van der Waals surface area contributed by atoms with E-state index in [9.17, 15) is 10.2 Å². The van der Waals surface area contributed by atoms with Crippen LogP contribution in [0, 0.1) is 5.92 Å². The third-order valence-corrected chi connectivity index (χ3v) is 4.26. The monoisotopic (exact) mass is 290 g/mol. The first-order valence-corrected chi connectivity index (χ1v) is 7.66. The first kappa shape index (κ1) is 13.0. The smallest absolute Gasteiger partial charge is 0.123 e. The summed E-state index contributed by atoms with van der Waals surface area (Å²) >= 11 is 0. The molecule has 0 heterocycles. The molecule has 0 aromatic heterocycles. The van der Waals surface area contributed by atoms with Crippen molar-refractivity contribution in [2.24, 2.45) is 5.92 Å². The molecular formula is C19H26O2. The van der Waals surface area contributed by atoms with Gasteiger partial charge in [0.25, 0.3) is 0 Å². The molecule has 0 saturated heterocycles. The Morgan fingerprint density at radius 1 is 1.38 bits per heavy atom. The topological polar surface area (TPSA) is 40.5 Å². The molecule has 114 valence electrons. The van der Waals surface area contributed by atoms with Gasteiger partial charge in [0, 0.05) is 11.5 Å². The van der Waals surface area contributed by atoms with Gasteiger partial charge in [0.2, 0.25) is 0 Å². The lowest BCUT2D eigenvalue weighted by molar-refractivity contribution is 0.406. The van der Waals surface area contributed by atoms with Gasteiger partial charge in [-0.2, -0.15) is 0 Å². The molecule has 2 N–H and O–H groups in total. The zero-order valence-electron chi connectivity index (χ0n) is 15.2. The largest absolute Gasteiger partial charge is 0.507 e. The maximum atomic E-state index is 10.6. The number of aromatic hydroxyl groups is 2. The fourth-order valence-electron chi connectivity index (χ4n) is 3.16. The molecule has 0 bridgehead atoms. The van der Waals surface area contributed by atoms with E-state index in [1.807, 2.05) is 26.8 Å². The highest BCUT2D eigenvalue weighted by atomic mass is 16.3. The van der Waals surface area contributed by atoms with Crippen LogP contribution in [0.3, 0.4) is 0 Å². The molecule has 2 heteroatoms. The average Bonchev–Trinajstić information content (AvgIpc) is 2.49. The third kappa shape index (κ3) is 3.31. The Bertz CT molecular complexity index is 633. The highest BCUT2D eigenvalue weighted by Gasteiger charge is 2.29. The standard InChI is InChI=1S/C19H26O2/c1-5-6-14-10-17(20)19(18(21)11-14)16-9-13(4)7-8-15(16)12(2)3/h9-11,15-16,20-21H,2,5-8H2,1,3-4H3/t15-,16+/m0/s1/i10T,11T. The zero-order chi connectivity index (χ0) is 17.3. The second kappa shape index (κ2) is 6.38. The molecule has 0 saturated carbocycles. The van der Waals surface area contributed by atoms with Gasteiger partial charge < -0.3 is 10.2 Å². The summed E-state index contributed by atoms with van der Waals surface area (Å²) in [6.45, 7) is 9.98. The molecule has 1 aliphatic carbocycles. The van der Waals surface area contributed by atoms with E-state index in [1.165, 1.54) is 5.57 Å². The van der Waals surface area contributed by atoms with Crippen molar-refractivity contribution in [1.82, 2.24) is 0 Å². The maximum absolute atomic E-state index is 10.6. The van der Waals surface area contributed by atoms with Crippen LogP contribution in [-0.4, -0.2) is 10.2 Å². The molecule has 1 aromatic rings. The maximum Gasteiger partial charge on any atom is 0.123 e.